The van der Waals surface area contributed by atoms with Gasteiger partial charge in [0.05, 0.1) is 11.9 Å². The third-order valence-corrected chi connectivity index (χ3v) is 10.1. The maximum Gasteiger partial charge on any atom is 0.156 e. The summed E-state index contributed by atoms with van der Waals surface area (Å²) in [5.41, 5.74) is 9.09. The van der Waals surface area contributed by atoms with Crippen LogP contribution in [-0.2, 0) is 4.79 Å². The molecule has 3 N–H and O–H groups in total. The van der Waals surface area contributed by atoms with Gasteiger partial charge in [-0.2, -0.15) is 0 Å². The van der Waals surface area contributed by atoms with Gasteiger partial charge in [-0.1, -0.05) is 87.0 Å². The third-order valence-electron chi connectivity index (χ3n) is 10.1. The first kappa shape index (κ1) is 30.1. The van der Waals surface area contributed by atoms with E-state index in [1.54, 1.807) is 5.57 Å². The minimum Gasteiger partial charge on any atom is -0.393 e. The maximum absolute atomic E-state index is 12.2. The molecule has 0 bridgehead atoms. The number of carbonyl (C=O) groups excluding carboxylic acids is 1. The fourth-order valence-corrected chi connectivity index (χ4v) is 8.00. The Morgan fingerprint density at radius 3 is 2.50 bits per heavy atom. The zero-order chi connectivity index (χ0) is 29.9. The van der Waals surface area contributed by atoms with Crippen LogP contribution in [0.25, 0.3) is 6.08 Å². The van der Waals surface area contributed by atoms with Crippen molar-refractivity contribution in [3.05, 3.63) is 106 Å². The Labute approximate surface area is 252 Å². The molecule has 5 unspecified atom stereocenters. The van der Waals surface area contributed by atoms with E-state index in [9.17, 15) is 9.90 Å². The van der Waals surface area contributed by atoms with Gasteiger partial charge < -0.3 is 15.7 Å². The summed E-state index contributed by atoms with van der Waals surface area (Å²) in [7, 11) is 0. The van der Waals surface area contributed by atoms with E-state index in [1.165, 1.54) is 27.8 Å². The SMILES string of the molecule is C=C(NC/C=C/c1ccc(C2CC3(C)C(O)CCC3C3CCC4=CC(=O)CCC4=C23)cc1)Nc1ccc(C)cc1.CC. The summed E-state index contributed by atoms with van der Waals surface area (Å²) in [5.74, 6) is 2.43. The number of nitrogens with one attached hydrogen (secondary N) is 2. The van der Waals surface area contributed by atoms with Crippen molar-refractivity contribution < 1.29 is 9.90 Å². The Morgan fingerprint density at radius 2 is 1.76 bits per heavy atom. The summed E-state index contributed by atoms with van der Waals surface area (Å²) >= 11 is 0. The topological polar surface area (TPSA) is 61.4 Å². The van der Waals surface area contributed by atoms with Gasteiger partial charge >= 0.3 is 0 Å². The zero-order valence-corrected chi connectivity index (χ0v) is 25.9. The molecule has 4 heteroatoms. The predicted octanol–water partition coefficient (Wildman–Crippen LogP) is 8.47. The van der Waals surface area contributed by atoms with Crippen molar-refractivity contribution >= 4 is 17.5 Å². The van der Waals surface area contributed by atoms with Crippen molar-refractivity contribution in [1.29, 1.82) is 0 Å². The molecule has 2 saturated carbocycles. The van der Waals surface area contributed by atoms with Crippen LogP contribution in [0.15, 0.2) is 89.8 Å². The second-order valence-corrected chi connectivity index (χ2v) is 12.6. The van der Waals surface area contributed by atoms with Gasteiger partial charge in [-0.15, -0.1) is 0 Å². The highest BCUT2D eigenvalue weighted by molar-refractivity contribution is 5.93. The van der Waals surface area contributed by atoms with Crippen LogP contribution in [0.2, 0.25) is 0 Å². The molecule has 0 radical (unpaired) electrons. The summed E-state index contributed by atoms with van der Waals surface area (Å²) < 4.78 is 0. The molecule has 4 nitrogen and oxygen atoms in total. The van der Waals surface area contributed by atoms with Crippen LogP contribution in [0.1, 0.15) is 88.3 Å². The van der Waals surface area contributed by atoms with E-state index in [-0.39, 0.29) is 17.3 Å². The molecule has 0 spiro atoms. The second-order valence-electron chi connectivity index (χ2n) is 12.6. The van der Waals surface area contributed by atoms with E-state index in [0.29, 0.717) is 30.7 Å². The van der Waals surface area contributed by atoms with Crippen molar-refractivity contribution in [3.63, 3.8) is 0 Å². The Kier molecular flexibility index (Phi) is 9.22. The lowest BCUT2D eigenvalue weighted by molar-refractivity contribution is -0.114. The number of carbonyl (C=O) groups is 1. The highest BCUT2D eigenvalue weighted by atomic mass is 16.3. The van der Waals surface area contributed by atoms with E-state index >= 15 is 0 Å². The number of benzene rings is 2. The fraction of sp³-hybridized carbons (Fsp3) is 0.447. The molecule has 42 heavy (non-hydrogen) atoms. The molecule has 4 aliphatic rings. The summed E-state index contributed by atoms with van der Waals surface area (Å²) in [5, 5.41) is 17.7. The largest absolute Gasteiger partial charge is 0.393 e. The first-order valence-corrected chi connectivity index (χ1v) is 16.0. The minimum absolute atomic E-state index is 0.0374. The predicted molar refractivity (Wildman–Crippen MR) is 175 cm³/mol. The number of hydrogen-bond acceptors (Lipinski definition) is 4. The average Bonchev–Trinajstić information content (AvgIpc) is 3.30. The van der Waals surface area contributed by atoms with Gasteiger partial charge in [-0.3, -0.25) is 4.79 Å². The van der Waals surface area contributed by atoms with Crippen molar-refractivity contribution in [2.45, 2.75) is 84.7 Å². The fourth-order valence-electron chi connectivity index (χ4n) is 8.00. The Bertz CT molecular complexity index is 1380. The number of fused-ring (bicyclic) bond motifs is 4. The van der Waals surface area contributed by atoms with Crippen LogP contribution in [0.4, 0.5) is 5.69 Å². The molecule has 0 saturated heterocycles. The highest BCUT2D eigenvalue weighted by Crippen LogP contribution is 2.63. The number of hydrogen-bond donors (Lipinski definition) is 3. The Balaban J connectivity index is 0.00000173. The second kappa shape index (κ2) is 12.9. The lowest BCUT2D eigenvalue weighted by atomic mass is 9.53. The van der Waals surface area contributed by atoms with Gasteiger partial charge in [0.2, 0.25) is 0 Å². The minimum atomic E-state index is -0.221. The van der Waals surface area contributed by atoms with Crippen LogP contribution in [0.3, 0.4) is 0 Å². The molecule has 0 aromatic heterocycles. The highest BCUT2D eigenvalue weighted by Gasteiger charge is 2.56. The molecule has 0 aliphatic heterocycles. The van der Waals surface area contributed by atoms with Crippen LogP contribution >= 0.6 is 0 Å². The number of ketones is 1. The average molecular weight is 565 g/mol. The number of anilines is 1. The molecule has 5 atom stereocenters. The summed E-state index contributed by atoms with van der Waals surface area (Å²) in [6.07, 6.45) is 12.6. The summed E-state index contributed by atoms with van der Waals surface area (Å²) in [6, 6.07) is 17.3. The standard InChI is InChI=1S/C36H42N2O2.C2H6/c1-23-6-13-28(14-7-23)38-24(2)37-20-4-5-25-8-10-26(11-9-25)32-22-36(3)33(18-19-34(36)40)31-16-12-27-21-29(39)15-17-30(27)35(31)32;1-2/h4-11,13-14,21,31-34,37-38,40H,2,12,15-20,22H2,1,3H3;1-2H3/b5-4+;. The zero-order valence-electron chi connectivity index (χ0n) is 25.9. The van der Waals surface area contributed by atoms with Crippen LogP contribution in [0, 0.1) is 24.2 Å². The monoisotopic (exact) mass is 564 g/mol. The molecular weight excluding hydrogens is 516 g/mol. The van der Waals surface area contributed by atoms with Gasteiger partial charge in [-0.05, 0) is 103 Å². The number of rotatable bonds is 7. The Hall–Kier alpha value is -3.37. The lowest BCUT2D eigenvalue weighted by Crippen LogP contribution is -2.45. The molecule has 0 amide bonds. The van der Waals surface area contributed by atoms with Crippen molar-refractivity contribution in [1.82, 2.24) is 5.32 Å². The normalized spacial score (nSPS) is 28.2. The number of aryl methyl sites for hydroxylation is 1. The first-order chi connectivity index (χ1) is 20.3. The first-order valence-electron chi connectivity index (χ1n) is 16.0. The van der Waals surface area contributed by atoms with Crippen LogP contribution < -0.4 is 10.6 Å². The number of aliphatic hydroxyl groups excluding tert-OH is 1. The van der Waals surface area contributed by atoms with Crippen LogP contribution in [-0.4, -0.2) is 23.5 Å². The van der Waals surface area contributed by atoms with Gasteiger partial charge in [0.15, 0.2) is 5.78 Å². The molecule has 4 aliphatic carbocycles. The van der Waals surface area contributed by atoms with Gasteiger partial charge in [0.25, 0.3) is 0 Å². The molecule has 6 rings (SSSR count). The summed E-state index contributed by atoms with van der Waals surface area (Å²) in [4.78, 5) is 12.2. The third kappa shape index (κ3) is 6.06. The number of allylic oxidation sites excluding steroid dienone is 4. The van der Waals surface area contributed by atoms with E-state index < -0.39 is 0 Å². The van der Waals surface area contributed by atoms with E-state index in [4.69, 9.17) is 0 Å². The Morgan fingerprint density at radius 1 is 1.02 bits per heavy atom. The maximum atomic E-state index is 12.2. The molecular formula is C38H48N2O2. The van der Waals surface area contributed by atoms with Crippen molar-refractivity contribution in [2.75, 3.05) is 11.9 Å². The van der Waals surface area contributed by atoms with Crippen LogP contribution in [0.5, 0.6) is 0 Å². The van der Waals surface area contributed by atoms with E-state index in [1.807, 2.05) is 19.9 Å². The van der Waals surface area contributed by atoms with Crippen molar-refractivity contribution in [3.8, 4) is 0 Å². The lowest BCUT2D eigenvalue weighted by Gasteiger charge is -2.52. The van der Waals surface area contributed by atoms with Gasteiger partial charge in [0.1, 0.15) is 0 Å². The van der Waals surface area contributed by atoms with Crippen molar-refractivity contribution in [2.24, 2.45) is 17.3 Å². The van der Waals surface area contributed by atoms with E-state index in [2.05, 4.69) is 91.7 Å². The summed E-state index contributed by atoms with van der Waals surface area (Å²) in [6.45, 7) is 13.2. The molecule has 0 heterocycles. The van der Waals surface area contributed by atoms with Gasteiger partial charge in [-0.25, -0.2) is 0 Å². The molecule has 222 valence electrons. The molecule has 2 fully saturated rings. The number of aliphatic hydroxyl groups is 1. The quantitative estimate of drug-likeness (QED) is 0.316. The molecule has 2 aromatic rings. The van der Waals surface area contributed by atoms with Gasteiger partial charge in [0, 0.05) is 24.6 Å². The smallest absolute Gasteiger partial charge is 0.156 e. The van der Waals surface area contributed by atoms with E-state index in [0.717, 1.165) is 50.0 Å². The molecule has 2 aromatic carbocycles.